The second kappa shape index (κ2) is 6.80. The van der Waals surface area contributed by atoms with Gasteiger partial charge in [-0.1, -0.05) is 19.9 Å². The highest BCUT2D eigenvalue weighted by Gasteiger charge is 2.43. The van der Waals surface area contributed by atoms with Crippen molar-refractivity contribution in [3.05, 3.63) is 47.5 Å². The minimum absolute atomic E-state index is 0.0779. The van der Waals surface area contributed by atoms with Crippen LogP contribution in [0.4, 0.5) is 13.2 Å². The summed E-state index contributed by atoms with van der Waals surface area (Å²) in [6.07, 6.45) is -2.75. The third-order valence-corrected chi connectivity index (χ3v) is 3.08. The van der Waals surface area contributed by atoms with E-state index in [9.17, 15) is 18.0 Å². The van der Waals surface area contributed by atoms with Crippen molar-refractivity contribution in [1.29, 1.82) is 0 Å². The van der Waals surface area contributed by atoms with Gasteiger partial charge in [-0.3, -0.25) is 14.9 Å². The zero-order valence-corrected chi connectivity index (χ0v) is 12.7. The zero-order valence-electron chi connectivity index (χ0n) is 12.7. The number of hydrogen-bond acceptors (Lipinski definition) is 3. The highest BCUT2D eigenvalue weighted by Crippen LogP contribution is 2.31. The lowest BCUT2D eigenvalue weighted by Crippen LogP contribution is -2.38. The number of halogens is 3. The molecule has 0 aliphatic carbocycles. The highest BCUT2D eigenvalue weighted by molar-refractivity contribution is 5.92. The van der Waals surface area contributed by atoms with Crippen LogP contribution in [-0.4, -0.2) is 27.3 Å². The molecule has 0 aromatic carbocycles. The average Bonchev–Trinajstić information content (AvgIpc) is 2.92. The van der Waals surface area contributed by atoms with Gasteiger partial charge in [0.15, 0.2) is 6.04 Å². The summed E-state index contributed by atoms with van der Waals surface area (Å²) in [6.45, 7) is 3.97. The normalized spacial score (nSPS) is 13.1. The predicted molar refractivity (Wildman–Crippen MR) is 77.6 cm³/mol. The van der Waals surface area contributed by atoms with Crippen LogP contribution in [0.5, 0.6) is 0 Å². The topological polar surface area (TPSA) is 70.7 Å². The van der Waals surface area contributed by atoms with Gasteiger partial charge in [-0.15, -0.1) is 0 Å². The molecule has 0 radical (unpaired) electrons. The molecule has 2 rings (SSSR count). The average molecular weight is 326 g/mol. The van der Waals surface area contributed by atoms with Crippen LogP contribution in [0.15, 0.2) is 30.5 Å². The number of nitrogens with zero attached hydrogens (tertiary/aromatic N) is 2. The van der Waals surface area contributed by atoms with E-state index in [0.29, 0.717) is 18.0 Å². The Kier molecular flexibility index (Phi) is 5.02. The molecule has 0 aliphatic heterocycles. The number of rotatable bonds is 5. The van der Waals surface area contributed by atoms with Crippen molar-refractivity contribution < 1.29 is 18.0 Å². The van der Waals surface area contributed by atoms with Crippen molar-refractivity contribution in [1.82, 2.24) is 20.5 Å². The molecule has 0 aliphatic rings. The number of aromatic amines is 1. The van der Waals surface area contributed by atoms with Crippen molar-refractivity contribution in [3.8, 4) is 0 Å². The number of alkyl halides is 3. The lowest BCUT2D eigenvalue weighted by Gasteiger charge is -2.20. The van der Waals surface area contributed by atoms with Gasteiger partial charge in [-0.2, -0.15) is 18.3 Å². The van der Waals surface area contributed by atoms with E-state index in [4.69, 9.17) is 0 Å². The van der Waals surface area contributed by atoms with Crippen molar-refractivity contribution in [2.45, 2.75) is 32.5 Å². The third-order valence-electron chi connectivity index (χ3n) is 3.08. The Morgan fingerprint density at radius 3 is 2.65 bits per heavy atom. The number of hydrogen-bond donors (Lipinski definition) is 2. The van der Waals surface area contributed by atoms with E-state index in [2.05, 4.69) is 15.2 Å². The van der Waals surface area contributed by atoms with Crippen molar-refractivity contribution >= 4 is 5.91 Å². The van der Waals surface area contributed by atoms with Crippen molar-refractivity contribution in [3.63, 3.8) is 0 Å². The van der Waals surface area contributed by atoms with Crippen LogP contribution in [0.3, 0.4) is 0 Å². The zero-order chi connectivity index (χ0) is 17.0. The molecule has 0 fully saturated rings. The van der Waals surface area contributed by atoms with Gasteiger partial charge in [0.1, 0.15) is 5.69 Å². The minimum Gasteiger partial charge on any atom is -0.334 e. The molecule has 1 atom stereocenters. The molecule has 0 spiro atoms. The summed E-state index contributed by atoms with van der Waals surface area (Å²) < 4.78 is 39.5. The predicted octanol–water partition coefficient (Wildman–Crippen LogP) is 3.04. The number of pyridine rings is 1. The summed E-state index contributed by atoms with van der Waals surface area (Å²) in [5, 5.41) is 8.38. The van der Waals surface area contributed by atoms with Crippen LogP contribution in [0.25, 0.3) is 0 Å². The largest absolute Gasteiger partial charge is 0.414 e. The van der Waals surface area contributed by atoms with E-state index in [-0.39, 0.29) is 11.4 Å². The molecule has 2 aromatic rings. The first-order valence-corrected chi connectivity index (χ1v) is 7.10. The Labute approximate surface area is 131 Å². The molecule has 2 N–H and O–H groups in total. The fourth-order valence-electron chi connectivity index (χ4n) is 2.10. The molecule has 0 saturated carbocycles. The van der Waals surface area contributed by atoms with E-state index in [1.165, 1.54) is 30.5 Å². The van der Waals surface area contributed by atoms with E-state index in [0.717, 1.165) is 0 Å². The van der Waals surface area contributed by atoms with Crippen LogP contribution >= 0.6 is 0 Å². The summed E-state index contributed by atoms with van der Waals surface area (Å²) >= 11 is 0. The van der Waals surface area contributed by atoms with Gasteiger partial charge in [0.25, 0.3) is 5.91 Å². The minimum atomic E-state index is -4.65. The summed E-state index contributed by atoms with van der Waals surface area (Å²) in [5.41, 5.74) is 0.351. The number of H-pyrrole nitrogens is 1. The van der Waals surface area contributed by atoms with Crippen molar-refractivity contribution in [2.75, 3.05) is 0 Å². The molecular formula is C15H17F3N4O. The maximum atomic E-state index is 13.2. The van der Waals surface area contributed by atoms with E-state index < -0.39 is 18.1 Å². The van der Waals surface area contributed by atoms with Gasteiger partial charge in [0.05, 0.1) is 5.69 Å². The number of nitrogens with one attached hydrogen (secondary N) is 2. The Morgan fingerprint density at radius 1 is 1.35 bits per heavy atom. The van der Waals surface area contributed by atoms with Crippen LogP contribution in [-0.2, 0) is 6.42 Å². The maximum Gasteiger partial charge on any atom is 0.414 e. The van der Waals surface area contributed by atoms with Gasteiger partial charge in [-0.05, 0) is 30.5 Å². The fourth-order valence-corrected chi connectivity index (χ4v) is 2.10. The third kappa shape index (κ3) is 4.54. The van der Waals surface area contributed by atoms with Crippen LogP contribution < -0.4 is 5.32 Å². The number of carbonyl (C=O) groups is 1. The Bertz CT molecular complexity index is 652. The lowest BCUT2D eigenvalue weighted by molar-refractivity contribution is -0.156. The summed E-state index contributed by atoms with van der Waals surface area (Å²) in [7, 11) is 0. The first kappa shape index (κ1) is 17.0. The highest BCUT2D eigenvalue weighted by atomic mass is 19.4. The van der Waals surface area contributed by atoms with Gasteiger partial charge >= 0.3 is 6.18 Å². The molecule has 124 valence electrons. The quantitative estimate of drug-likeness (QED) is 0.887. The lowest BCUT2D eigenvalue weighted by atomic mass is 10.1. The summed E-state index contributed by atoms with van der Waals surface area (Å²) in [4.78, 5) is 15.7. The van der Waals surface area contributed by atoms with Crippen LogP contribution in [0.1, 0.15) is 41.8 Å². The molecule has 2 heterocycles. The SMILES string of the molecule is CC(C)Cc1cc(C(=O)NC(c2ccccn2)C(F)(F)F)n[nH]1. The first-order chi connectivity index (χ1) is 10.8. The Hall–Kier alpha value is -2.38. The first-order valence-electron chi connectivity index (χ1n) is 7.10. The monoisotopic (exact) mass is 326 g/mol. The molecule has 1 unspecified atom stereocenters. The van der Waals surface area contributed by atoms with Crippen molar-refractivity contribution in [2.24, 2.45) is 5.92 Å². The second-order valence-corrected chi connectivity index (χ2v) is 5.58. The molecule has 0 saturated heterocycles. The molecular weight excluding hydrogens is 309 g/mol. The molecule has 5 nitrogen and oxygen atoms in total. The van der Waals surface area contributed by atoms with E-state index >= 15 is 0 Å². The number of aromatic nitrogens is 3. The van der Waals surface area contributed by atoms with Crippen LogP contribution in [0, 0.1) is 5.92 Å². The van der Waals surface area contributed by atoms with Gasteiger partial charge in [0, 0.05) is 11.9 Å². The Balaban J connectivity index is 2.16. The smallest absolute Gasteiger partial charge is 0.334 e. The number of carbonyl (C=O) groups excluding carboxylic acids is 1. The molecule has 2 aromatic heterocycles. The summed E-state index contributed by atoms with van der Waals surface area (Å²) in [6, 6.07) is 3.43. The number of amides is 1. The maximum absolute atomic E-state index is 13.2. The fraction of sp³-hybridized carbons (Fsp3) is 0.400. The summed E-state index contributed by atoms with van der Waals surface area (Å²) in [5.74, 6) is -0.563. The van der Waals surface area contributed by atoms with Crippen LogP contribution in [0.2, 0.25) is 0 Å². The van der Waals surface area contributed by atoms with E-state index in [1.54, 1.807) is 0 Å². The van der Waals surface area contributed by atoms with Gasteiger partial charge in [-0.25, -0.2) is 0 Å². The Morgan fingerprint density at radius 2 is 2.09 bits per heavy atom. The van der Waals surface area contributed by atoms with E-state index in [1.807, 2.05) is 19.2 Å². The van der Waals surface area contributed by atoms with Gasteiger partial charge < -0.3 is 5.32 Å². The second-order valence-electron chi connectivity index (χ2n) is 5.58. The molecule has 1 amide bonds. The standard InChI is InChI=1S/C15H17F3N4O/c1-9(2)7-10-8-12(22-21-10)14(23)20-13(15(16,17)18)11-5-3-4-6-19-11/h3-6,8-9,13H,7H2,1-2H3,(H,20,23)(H,21,22). The molecule has 23 heavy (non-hydrogen) atoms. The molecule has 0 bridgehead atoms. The van der Waals surface area contributed by atoms with Gasteiger partial charge in [0.2, 0.25) is 0 Å². The molecule has 8 heteroatoms.